The van der Waals surface area contributed by atoms with Crippen LogP contribution in [0.4, 0.5) is 10.5 Å². The van der Waals surface area contributed by atoms with Crippen LogP contribution in [0.1, 0.15) is 20.3 Å². The Labute approximate surface area is 115 Å². The second kappa shape index (κ2) is 6.57. The third kappa shape index (κ3) is 4.24. The van der Waals surface area contributed by atoms with E-state index in [1.807, 2.05) is 35.2 Å². The van der Waals surface area contributed by atoms with Crippen molar-refractivity contribution in [1.29, 1.82) is 0 Å². The average Bonchev–Trinajstić information content (AvgIpc) is 2.39. The molecule has 1 aliphatic heterocycles. The monoisotopic (exact) mass is 261 g/mol. The van der Waals surface area contributed by atoms with Crippen LogP contribution >= 0.6 is 0 Å². The standard InChI is InChI=1S/C15H23N3O/c1-12(2)10-14-11-18(9-8-16-14)15(19)17-13-6-4-3-5-7-13/h3-7,12,14,16H,8-11H2,1-2H3,(H,17,19). The molecule has 1 heterocycles. The summed E-state index contributed by atoms with van der Waals surface area (Å²) in [6.07, 6.45) is 1.11. The maximum absolute atomic E-state index is 12.2. The van der Waals surface area contributed by atoms with E-state index in [2.05, 4.69) is 24.5 Å². The van der Waals surface area contributed by atoms with Crippen LogP contribution in [0, 0.1) is 5.92 Å². The van der Waals surface area contributed by atoms with Crippen molar-refractivity contribution in [2.45, 2.75) is 26.3 Å². The van der Waals surface area contributed by atoms with Gasteiger partial charge in [0.05, 0.1) is 0 Å². The van der Waals surface area contributed by atoms with Gasteiger partial charge in [0.15, 0.2) is 0 Å². The van der Waals surface area contributed by atoms with Crippen molar-refractivity contribution in [2.24, 2.45) is 5.92 Å². The van der Waals surface area contributed by atoms with Gasteiger partial charge in [-0.1, -0.05) is 32.0 Å². The normalized spacial score (nSPS) is 19.5. The summed E-state index contributed by atoms with van der Waals surface area (Å²) < 4.78 is 0. The molecule has 1 atom stereocenters. The van der Waals surface area contributed by atoms with Crippen molar-refractivity contribution in [1.82, 2.24) is 10.2 Å². The smallest absolute Gasteiger partial charge is 0.321 e. The minimum absolute atomic E-state index is 0.00135. The van der Waals surface area contributed by atoms with Crippen molar-refractivity contribution in [3.63, 3.8) is 0 Å². The molecule has 2 rings (SSSR count). The van der Waals surface area contributed by atoms with Crippen LogP contribution < -0.4 is 10.6 Å². The van der Waals surface area contributed by atoms with Crippen LogP contribution in [0.25, 0.3) is 0 Å². The van der Waals surface area contributed by atoms with Gasteiger partial charge in [0.25, 0.3) is 0 Å². The number of carbonyl (C=O) groups excluding carboxylic acids is 1. The maximum atomic E-state index is 12.2. The summed E-state index contributed by atoms with van der Waals surface area (Å²) in [6.45, 7) is 6.86. The first kappa shape index (κ1) is 13.9. The Hall–Kier alpha value is -1.55. The third-order valence-corrected chi connectivity index (χ3v) is 3.32. The lowest BCUT2D eigenvalue weighted by atomic mass is 10.0. The fourth-order valence-electron chi connectivity index (χ4n) is 2.46. The summed E-state index contributed by atoms with van der Waals surface area (Å²) in [4.78, 5) is 14.1. The topological polar surface area (TPSA) is 44.4 Å². The first-order valence-corrected chi connectivity index (χ1v) is 6.99. The Bertz CT molecular complexity index is 405. The van der Waals surface area contributed by atoms with Gasteiger partial charge in [0, 0.05) is 31.4 Å². The van der Waals surface area contributed by atoms with Crippen molar-refractivity contribution >= 4 is 11.7 Å². The van der Waals surface area contributed by atoms with E-state index >= 15 is 0 Å². The fourth-order valence-corrected chi connectivity index (χ4v) is 2.46. The quantitative estimate of drug-likeness (QED) is 0.878. The number of para-hydroxylation sites is 1. The lowest BCUT2D eigenvalue weighted by Gasteiger charge is -2.34. The Morgan fingerprint density at radius 2 is 2.16 bits per heavy atom. The zero-order valence-electron chi connectivity index (χ0n) is 11.7. The van der Waals surface area contributed by atoms with E-state index in [1.54, 1.807) is 0 Å². The molecule has 1 unspecified atom stereocenters. The predicted molar refractivity (Wildman–Crippen MR) is 78.3 cm³/mol. The molecule has 19 heavy (non-hydrogen) atoms. The zero-order valence-corrected chi connectivity index (χ0v) is 11.7. The van der Waals surface area contributed by atoms with Crippen molar-refractivity contribution in [3.05, 3.63) is 30.3 Å². The van der Waals surface area contributed by atoms with Gasteiger partial charge in [-0.15, -0.1) is 0 Å². The summed E-state index contributed by atoms with van der Waals surface area (Å²) in [5, 5.41) is 6.42. The van der Waals surface area contributed by atoms with Gasteiger partial charge in [-0.2, -0.15) is 0 Å². The van der Waals surface area contributed by atoms with E-state index in [4.69, 9.17) is 0 Å². The average molecular weight is 261 g/mol. The van der Waals surface area contributed by atoms with Gasteiger partial charge < -0.3 is 15.5 Å². The highest BCUT2D eigenvalue weighted by Gasteiger charge is 2.23. The molecule has 2 amide bonds. The van der Waals surface area contributed by atoms with E-state index in [1.165, 1.54) is 0 Å². The molecule has 1 aromatic carbocycles. The summed E-state index contributed by atoms with van der Waals surface area (Å²) >= 11 is 0. The van der Waals surface area contributed by atoms with Crippen LogP contribution in [0.3, 0.4) is 0 Å². The molecule has 0 aliphatic carbocycles. The van der Waals surface area contributed by atoms with Crippen LogP contribution in [0.2, 0.25) is 0 Å². The van der Waals surface area contributed by atoms with Gasteiger partial charge in [-0.3, -0.25) is 0 Å². The molecular weight excluding hydrogens is 238 g/mol. The second-order valence-electron chi connectivity index (χ2n) is 5.52. The van der Waals surface area contributed by atoms with Crippen LogP contribution in [0.15, 0.2) is 30.3 Å². The third-order valence-electron chi connectivity index (χ3n) is 3.32. The Balaban J connectivity index is 1.88. The fraction of sp³-hybridized carbons (Fsp3) is 0.533. The lowest BCUT2D eigenvalue weighted by Crippen LogP contribution is -2.54. The number of hydrogen-bond acceptors (Lipinski definition) is 2. The van der Waals surface area contributed by atoms with Gasteiger partial charge in [-0.05, 0) is 24.5 Å². The molecule has 4 heteroatoms. The van der Waals surface area contributed by atoms with Gasteiger partial charge >= 0.3 is 6.03 Å². The number of carbonyl (C=O) groups is 1. The molecule has 1 saturated heterocycles. The number of amides is 2. The molecule has 0 bridgehead atoms. The van der Waals surface area contributed by atoms with E-state index in [0.717, 1.165) is 31.7 Å². The van der Waals surface area contributed by atoms with Crippen molar-refractivity contribution in [2.75, 3.05) is 25.0 Å². The summed E-state index contributed by atoms with van der Waals surface area (Å²) in [5.41, 5.74) is 0.853. The van der Waals surface area contributed by atoms with Crippen molar-refractivity contribution in [3.8, 4) is 0 Å². The molecule has 4 nitrogen and oxygen atoms in total. The highest BCUT2D eigenvalue weighted by Crippen LogP contribution is 2.12. The molecular formula is C15H23N3O. The number of rotatable bonds is 3. The van der Waals surface area contributed by atoms with E-state index in [-0.39, 0.29) is 6.03 Å². The number of anilines is 1. The van der Waals surface area contributed by atoms with Gasteiger partial charge in [0.1, 0.15) is 0 Å². The molecule has 1 fully saturated rings. The number of nitrogens with one attached hydrogen (secondary N) is 2. The molecule has 0 aromatic heterocycles. The highest BCUT2D eigenvalue weighted by molar-refractivity contribution is 5.89. The molecule has 0 radical (unpaired) electrons. The first-order valence-electron chi connectivity index (χ1n) is 6.99. The number of hydrogen-bond donors (Lipinski definition) is 2. The first-order chi connectivity index (χ1) is 9.15. The molecule has 1 aliphatic rings. The number of urea groups is 1. The number of nitrogens with zero attached hydrogens (tertiary/aromatic N) is 1. The Morgan fingerprint density at radius 3 is 2.84 bits per heavy atom. The minimum Gasteiger partial charge on any atom is -0.322 e. The highest BCUT2D eigenvalue weighted by atomic mass is 16.2. The maximum Gasteiger partial charge on any atom is 0.321 e. The summed E-state index contributed by atoms with van der Waals surface area (Å²) in [5.74, 6) is 0.648. The van der Waals surface area contributed by atoms with E-state index < -0.39 is 0 Å². The molecule has 1 aromatic rings. The Kier molecular flexibility index (Phi) is 4.80. The Morgan fingerprint density at radius 1 is 1.42 bits per heavy atom. The minimum atomic E-state index is 0.00135. The van der Waals surface area contributed by atoms with Gasteiger partial charge in [-0.25, -0.2) is 4.79 Å². The van der Waals surface area contributed by atoms with Crippen molar-refractivity contribution < 1.29 is 4.79 Å². The van der Waals surface area contributed by atoms with Crippen LogP contribution in [-0.2, 0) is 0 Å². The van der Waals surface area contributed by atoms with Gasteiger partial charge in [0.2, 0.25) is 0 Å². The molecule has 104 valence electrons. The lowest BCUT2D eigenvalue weighted by molar-refractivity contribution is 0.183. The number of piperazine rings is 1. The molecule has 0 saturated carbocycles. The van der Waals surface area contributed by atoms with E-state index in [9.17, 15) is 4.79 Å². The van der Waals surface area contributed by atoms with Crippen LogP contribution in [0.5, 0.6) is 0 Å². The molecule has 0 spiro atoms. The number of benzene rings is 1. The van der Waals surface area contributed by atoms with E-state index in [0.29, 0.717) is 12.0 Å². The zero-order chi connectivity index (χ0) is 13.7. The SMILES string of the molecule is CC(C)CC1CN(C(=O)Nc2ccccc2)CCN1. The van der Waals surface area contributed by atoms with Crippen LogP contribution in [-0.4, -0.2) is 36.6 Å². The predicted octanol–water partition coefficient (Wildman–Crippen LogP) is 2.54. The largest absolute Gasteiger partial charge is 0.322 e. The molecule has 2 N–H and O–H groups in total. The summed E-state index contributed by atoms with van der Waals surface area (Å²) in [6, 6.07) is 10.0. The second-order valence-corrected chi connectivity index (χ2v) is 5.52. The summed E-state index contributed by atoms with van der Waals surface area (Å²) in [7, 11) is 0.